The van der Waals surface area contributed by atoms with Crippen LogP contribution in [0.4, 0.5) is 0 Å². The number of imidazole rings is 1. The minimum Gasteiger partial charge on any atom is -0.296 e. The SMILES string of the molecule is Cc1cccc2nc(CC(C)C)c(C=O)n12. The summed E-state index contributed by atoms with van der Waals surface area (Å²) in [4.78, 5) is 15.7. The molecule has 16 heavy (non-hydrogen) atoms. The fourth-order valence-corrected chi connectivity index (χ4v) is 1.99. The van der Waals surface area contributed by atoms with E-state index in [1.54, 1.807) is 0 Å². The quantitative estimate of drug-likeness (QED) is 0.739. The molecule has 0 saturated carbocycles. The molecule has 0 saturated heterocycles. The molecule has 0 radical (unpaired) electrons. The van der Waals surface area contributed by atoms with Gasteiger partial charge in [-0.05, 0) is 31.4 Å². The maximum absolute atomic E-state index is 11.2. The van der Waals surface area contributed by atoms with Crippen LogP contribution >= 0.6 is 0 Å². The Hall–Kier alpha value is -1.64. The van der Waals surface area contributed by atoms with Crippen molar-refractivity contribution < 1.29 is 4.79 Å². The van der Waals surface area contributed by atoms with Gasteiger partial charge in [-0.25, -0.2) is 4.98 Å². The number of hydrogen-bond acceptors (Lipinski definition) is 2. The maximum atomic E-state index is 11.2. The summed E-state index contributed by atoms with van der Waals surface area (Å²) in [7, 11) is 0. The average Bonchev–Trinajstić information content (AvgIpc) is 2.55. The molecule has 84 valence electrons. The van der Waals surface area contributed by atoms with E-state index in [-0.39, 0.29) is 0 Å². The van der Waals surface area contributed by atoms with Crippen LogP contribution in [0.15, 0.2) is 18.2 Å². The number of aryl methyl sites for hydroxylation is 1. The molecule has 0 spiro atoms. The topological polar surface area (TPSA) is 34.4 Å². The van der Waals surface area contributed by atoms with Crippen molar-refractivity contribution >= 4 is 11.9 Å². The number of rotatable bonds is 3. The highest BCUT2D eigenvalue weighted by Crippen LogP contribution is 2.16. The van der Waals surface area contributed by atoms with Crippen LogP contribution in [-0.4, -0.2) is 15.7 Å². The molecule has 0 unspecified atom stereocenters. The minimum absolute atomic E-state index is 0.504. The Labute approximate surface area is 95.1 Å². The van der Waals surface area contributed by atoms with Crippen molar-refractivity contribution in [2.75, 3.05) is 0 Å². The van der Waals surface area contributed by atoms with Gasteiger partial charge in [0.2, 0.25) is 0 Å². The zero-order valence-electron chi connectivity index (χ0n) is 9.90. The molecular formula is C13H16N2O. The molecule has 0 bridgehead atoms. The van der Waals surface area contributed by atoms with Gasteiger partial charge in [0.05, 0.1) is 5.69 Å². The Morgan fingerprint density at radius 3 is 2.81 bits per heavy atom. The lowest BCUT2D eigenvalue weighted by Crippen LogP contribution is -2.01. The lowest BCUT2D eigenvalue weighted by molar-refractivity contribution is 0.111. The standard InChI is InChI=1S/C13H16N2O/c1-9(2)7-11-12(8-16)15-10(3)5-4-6-13(15)14-11/h4-6,8-9H,7H2,1-3H3. The number of aromatic nitrogens is 2. The first kappa shape index (κ1) is 10.9. The van der Waals surface area contributed by atoms with Crippen molar-refractivity contribution in [1.29, 1.82) is 0 Å². The molecule has 0 atom stereocenters. The van der Waals surface area contributed by atoms with Gasteiger partial charge < -0.3 is 0 Å². The van der Waals surface area contributed by atoms with Crippen LogP contribution in [0.5, 0.6) is 0 Å². The molecule has 2 aromatic heterocycles. The maximum Gasteiger partial charge on any atom is 0.168 e. The van der Waals surface area contributed by atoms with Crippen LogP contribution < -0.4 is 0 Å². The molecule has 2 aromatic rings. The molecule has 0 aliphatic rings. The van der Waals surface area contributed by atoms with Gasteiger partial charge in [-0.3, -0.25) is 9.20 Å². The fraction of sp³-hybridized carbons (Fsp3) is 0.385. The zero-order chi connectivity index (χ0) is 11.7. The number of carbonyl (C=O) groups excluding carboxylic acids is 1. The Kier molecular flexibility index (Phi) is 2.77. The van der Waals surface area contributed by atoms with E-state index in [1.165, 1.54) is 0 Å². The van der Waals surface area contributed by atoms with Crippen molar-refractivity contribution in [2.45, 2.75) is 27.2 Å². The second kappa shape index (κ2) is 4.08. The number of nitrogens with zero attached hydrogens (tertiary/aromatic N) is 2. The monoisotopic (exact) mass is 216 g/mol. The fourth-order valence-electron chi connectivity index (χ4n) is 1.99. The van der Waals surface area contributed by atoms with E-state index in [1.807, 2.05) is 29.5 Å². The third-order valence-electron chi connectivity index (χ3n) is 2.66. The Morgan fingerprint density at radius 1 is 1.44 bits per heavy atom. The van der Waals surface area contributed by atoms with Gasteiger partial charge in [0.15, 0.2) is 6.29 Å². The second-order valence-electron chi connectivity index (χ2n) is 4.52. The third-order valence-corrected chi connectivity index (χ3v) is 2.66. The van der Waals surface area contributed by atoms with Crippen molar-refractivity contribution in [2.24, 2.45) is 5.92 Å². The van der Waals surface area contributed by atoms with Crippen LogP contribution in [0, 0.1) is 12.8 Å². The molecule has 3 heteroatoms. The summed E-state index contributed by atoms with van der Waals surface area (Å²) in [5.41, 5.74) is 3.50. The molecule has 2 heterocycles. The van der Waals surface area contributed by atoms with Gasteiger partial charge in [0.25, 0.3) is 0 Å². The van der Waals surface area contributed by atoms with E-state index in [9.17, 15) is 4.79 Å². The highest BCUT2D eigenvalue weighted by Gasteiger charge is 2.13. The van der Waals surface area contributed by atoms with Crippen molar-refractivity contribution in [3.8, 4) is 0 Å². The molecule has 3 nitrogen and oxygen atoms in total. The van der Waals surface area contributed by atoms with Gasteiger partial charge in [-0.1, -0.05) is 19.9 Å². The van der Waals surface area contributed by atoms with Crippen LogP contribution in [0.3, 0.4) is 0 Å². The molecule has 2 rings (SSSR count). The highest BCUT2D eigenvalue weighted by atomic mass is 16.1. The van der Waals surface area contributed by atoms with Crippen LogP contribution in [-0.2, 0) is 6.42 Å². The van der Waals surface area contributed by atoms with Crippen LogP contribution in [0.2, 0.25) is 0 Å². The number of fused-ring (bicyclic) bond motifs is 1. The average molecular weight is 216 g/mol. The lowest BCUT2D eigenvalue weighted by atomic mass is 10.1. The van der Waals surface area contributed by atoms with Crippen LogP contribution in [0.1, 0.15) is 35.7 Å². The molecule has 0 amide bonds. The smallest absolute Gasteiger partial charge is 0.168 e. The molecule has 0 fully saturated rings. The summed E-state index contributed by atoms with van der Waals surface area (Å²) in [5, 5.41) is 0. The highest BCUT2D eigenvalue weighted by molar-refractivity contribution is 5.76. The summed E-state index contributed by atoms with van der Waals surface area (Å²) in [6.07, 6.45) is 1.75. The van der Waals surface area contributed by atoms with E-state index in [0.717, 1.165) is 29.7 Å². The van der Waals surface area contributed by atoms with E-state index >= 15 is 0 Å². The summed E-state index contributed by atoms with van der Waals surface area (Å²) in [5.74, 6) is 0.504. The van der Waals surface area contributed by atoms with Gasteiger partial charge in [-0.15, -0.1) is 0 Å². The Balaban J connectivity index is 2.67. The first-order chi connectivity index (χ1) is 7.63. The first-order valence-corrected chi connectivity index (χ1v) is 5.55. The number of aldehydes is 1. The number of carbonyl (C=O) groups is 1. The Morgan fingerprint density at radius 2 is 2.19 bits per heavy atom. The molecular weight excluding hydrogens is 200 g/mol. The predicted octanol–water partition coefficient (Wildman–Crippen LogP) is 2.65. The van der Waals surface area contributed by atoms with Crippen LogP contribution in [0.25, 0.3) is 5.65 Å². The molecule has 0 aromatic carbocycles. The summed E-state index contributed by atoms with van der Waals surface area (Å²) in [6.45, 7) is 6.25. The van der Waals surface area contributed by atoms with Crippen molar-refractivity contribution in [3.05, 3.63) is 35.3 Å². The van der Waals surface area contributed by atoms with E-state index in [2.05, 4.69) is 18.8 Å². The summed E-state index contributed by atoms with van der Waals surface area (Å²) in [6, 6.07) is 5.88. The van der Waals surface area contributed by atoms with Crippen molar-refractivity contribution in [3.63, 3.8) is 0 Å². The van der Waals surface area contributed by atoms with Gasteiger partial charge in [-0.2, -0.15) is 0 Å². The third kappa shape index (κ3) is 1.73. The van der Waals surface area contributed by atoms with E-state index in [0.29, 0.717) is 11.6 Å². The second-order valence-corrected chi connectivity index (χ2v) is 4.52. The number of pyridine rings is 1. The van der Waals surface area contributed by atoms with Gasteiger partial charge >= 0.3 is 0 Å². The van der Waals surface area contributed by atoms with E-state index in [4.69, 9.17) is 0 Å². The zero-order valence-corrected chi connectivity index (χ0v) is 9.90. The molecule has 0 N–H and O–H groups in total. The minimum atomic E-state index is 0.504. The lowest BCUT2D eigenvalue weighted by Gasteiger charge is -2.02. The van der Waals surface area contributed by atoms with E-state index < -0.39 is 0 Å². The van der Waals surface area contributed by atoms with Crippen molar-refractivity contribution in [1.82, 2.24) is 9.38 Å². The first-order valence-electron chi connectivity index (χ1n) is 5.55. The summed E-state index contributed by atoms with van der Waals surface area (Å²) >= 11 is 0. The normalized spacial score (nSPS) is 11.2. The predicted molar refractivity (Wildman–Crippen MR) is 63.9 cm³/mol. The molecule has 0 aliphatic carbocycles. The summed E-state index contributed by atoms with van der Waals surface area (Å²) < 4.78 is 1.92. The number of hydrogen-bond donors (Lipinski definition) is 0. The Bertz CT molecular complexity index is 526. The molecule has 0 aliphatic heterocycles. The van der Waals surface area contributed by atoms with Gasteiger partial charge in [0, 0.05) is 5.69 Å². The van der Waals surface area contributed by atoms with Gasteiger partial charge in [0.1, 0.15) is 11.3 Å². The largest absolute Gasteiger partial charge is 0.296 e.